The van der Waals surface area contributed by atoms with Crippen LogP contribution < -0.4 is 11.3 Å². The van der Waals surface area contributed by atoms with Gasteiger partial charge >= 0.3 is 0 Å². The third-order valence-electron chi connectivity index (χ3n) is 1.90. The van der Waals surface area contributed by atoms with E-state index in [9.17, 15) is 4.79 Å². The smallest absolute Gasteiger partial charge is 0.235 e. The molecule has 0 heterocycles. The summed E-state index contributed by atoms with van der Waals surface area (Å²) in [5.41, 5.74) is 2.09. The monoisotopic (exact) mass is 189 g/mol. The fourth-order valence-corrected chi connectivity index (χ4v) is 1.05. The van der Waals surface area contributed by atoms with E-state index < -0.39 is 0 Å². The fourth-order valence-electron chi connectivity index (χ4n) is 1.05. The highest BCUT2D eigenvalue weighted by atomic mass is 16.3. The van der Waals surface area contributed by atoms with Crippen LogP contribution in [0.4, 0.5) is 0 Å². The molecule has 0 radical (unpaired) electrons. The zero-order chi connectivity index (χ0) is 10.1. The van der Waals surface area contributed by atoms with Crippen LogP contribution in [0.15, 0.2) is 0 Å². The first-order valence-corrected chi connectivity index (χ1v) is 4.57. The van der Waals surface area contributed by atoms with Gasteiger partial charge in [-0.3, -0.25) is 10.2 Å². The van der Waals surface area contributed by atoms with E-state index in [2.05, 4.69) is 10.3 Å². The van der Waals surface area contributed by atoms with E-state index in [1.54, 1.807) is 0 Å². The number of nitrogens with two attached hydrogens (primary N) is 1. The van der Waals surface area contributed by atoms with Gasteiger partial charge in [-0.2, -0.15) is 0 Å². The first-order valence-electron chi connectivity index (χ1n) is 4.57. The number of aliphatic hydroxyl groups is 1. The van der Waals surface area contributed by atoms with Crippen molar-refractivity contribution < 1.29 is 9.90 Å². The lowest BCUT2D eigenvalue weighted by Gasteiger charge is -2.18. The van der Waals surface area contributed by atoms with Gasteiger partial charge in [0.15, 0.2) is 0 Å². The SMILES string of the molecule is CCN(CCCO)CCC(=O)NN. The molecular formula is C8H19N3O2. The number of hydrogen-bond acceptors (Lipinski definition) is 4. The van der Waals surface area contributed by atoms with Crippen LogP contribution in [0, 0.1) is 0 Å². The molecule has 0 spiro atoms. The second kappa shape index (κ2) is 7.97. The van der Waals surface area contributed by atoms with E-state index in [1.807, 2.05) is 6.92 Å². The lowest BCUT2D eigenvalue weighted by molar-refractivity contribution is -0.121. The molecule has 0 aromatic carbocycles. The molecule has 0 atom stereocenters. The number of rotatable bonds is 7. The van der Waals surface area contributed by atoms with Crippen molar-refractivity contribution in [2.45, 2.75) is 19.8 Å². The average Bonchev–Trinajstić information content (AvgIpc) is 2.17. The first kappa shape index (κ1) is 12.3. The van der Waals surface area contributed by atoms with Gasteiger partial charge in [0.2, 0.25) is 5.91 Å². The molecule has 0 aromatic heterocycles. The largest absolute Gasteiger partial charge is 0.396 e. The number of hydrazine groups is 1. The van der Waals surface area contributed by atoms with E-state index in [0.717, 1.165) is 19.5 Å². The van der Waals surface area contributed by atoms with Crippen molar-refractivity contribution in [3.05, 3.63) is 0 Å². The van der Waals surface area contributed by atoms with Crippen LogP contribution in [0.3, 0.4) is 0 Å². The highest BCUT2D eigenvalue weighted by Gasteiger charge is 2.04. The summed E-state index contributed by atoms with van der Waals surface area (Å²) in [4.78, 5) is 12.9. The summed E-state index contributed by atoms with van der Waals surface area (Å²) in [6.45, 7) is 4.62. The summed E-state index contributed by atoms with van der Waals surface area (Å²) in [5.74, 6) is 4.79. The van der Waals surface area contributed by atoms with Gasteiger partial charge in [-0.1, -0.05) is 6.92 Å². The fraction of sp³-hybridized carbons (Fsp3) is 0.875. The van der Waals surface area contributed by atoms with Crippen LogP contribution in [0.1, 0.15) is 19.8 Å². The van der Waals surface area contributed by atoms with Crippen LogP contribution >= 0.6 is 0 Å². The summed E-state index contributed by atoms with van der Waals surface area (Å²) in [6.07, 6.45) is 1.16. The maximum Gasteiger partial charge on any atom is 0.235 e. The zero-order valence-electron chi connectivity index (χ0n) is 8.12. The van der Waals surface area contributed by atoms with Gasteiger partial charge in [-0.15, -0.1) is 0 Å². The van der Waals surface area contributed by atoms with E-state index in [-0.39, 0.29) is 12.5 Å². The van der Waals surface area contributed by atoms with Crippen LogP contribution in [-0.4, -0.2) is 42.2 Å². The lowest BCUT2D eigenvalue weighted by Crippen LogP contribution is -2.34. The Morgan fingerprint density at radius 2 is 2.23 bits per heavy atom. The summed E-state index contributed by atoms with van der Waals surface area (Å²) in [7, 11) is 0. The third-order valence-corrected chi connectivity index (χ3v) is 1.90. The van der Waals surface area contributed by atoms with E-state index in [4.69, 9.17) is 10.9 Å². The minimum Gasteiger partial charge on any atom is -0.396 e. The van der Waals surface area contributed by atoms with Gasteiger partial charge in [0, 0.05) is 26.1 Å². The Kier molecular flexibility index (Phi) is 7.57. The molecule has 1 amide bonds. The van der Waals surface area contributed by atoms with Gasteiger partial charge in [0.05, 0.1) is 0 Å². The Labute approximate surface area is 78.9 Å². The molecule has 78 valence electrons. The maximum atomic E-state index is 10.8. The van der Waals surface area contributed by atoms with Crippen molar-refractivity contribution in [1.82, 2.24) is 10.3 Å². The molecule has 0 aliphatic rings. The van der Waals surface area contributed by atoms with Crippen molar-refractivity contribution in [1.29, 1.82) is 0 Å². The van der Waals surface area contributed by atoms with Crippen molar-refractivity contribution in [2.75, 3.05) is 26.2 Å². The molecular weight excluding hydrogens is 170 g/mol. The van der Waals surface area contributed by atoms with Crippen LogP contribution in [0.25, 0.3) is 0 Å². The molecule has 0 aliphatic carbocycles. The molecule has 4 N–H and O–H groups in total. The number of aliphatic hydroxyl groups excluding tert-OH is 1. The minimum absolute atomic E-state index is 0.151. The highest BCUT2D eigenvalue weighted by Crippen LogP contribution is 1.93. The summed E-state index contributed by atoms with van der Waals surface area (Å²) in [6, 6.07) is 0. The Balaban J connectivity index is 3.52. The Hall–Kier alpha value is -0.650. The maximum absolute atomic E-state index is 10.8. The summed E-state index contributed by atoms with van der Waals surface area (Å²) >= 11 is 0. The summed E-state index contributed by atoms with van der Waals surface area (Å²) in [5, 5.41) is 8.61. The Morgan fingerprint density at radius 1 is 1.54 bits per heavy atom. The quantitative estimate of drug-likeness (QED) is 0.275. The number of carbonyl (C=O) groups excluding carboxylic acids is 1. The lowest BCUT2D eigenvalue weighted by atomic mass is 10.3. The molecule has 0 aromatic rings. The first-order chi connectivity index (χ1) is 6.24. The molecule has 0 saturated carbocycles. The Bertz CT molecular complexity index is 141. The molecule has 0 rings (SSSR count). The zero-order valence-corrected chi connectivity index (χ0v) is 8.12. The van der Waals surface area contributed by atoms with Gasteiger partial charge in [-0.05, 0) is 13.0 Å². The van der Waals surface area contributed by atoms with Crippen molar-refractivity contribution in [2.24, 2.45) is 5.84 Å². The number of nitrogens with zero attached hydrogens (tertiary/aromatic N) is 1. The van der Waals surface area contributed by atoms with Gasteiger partial charge in [-0.25, -0.2) is 5.84 Å². The predicted octanol–water partition coefficient (Wildman–Crippen LogP) is -0.929. The van der Waals surface area contributed by atoms with Crippen molar-refractivity contribution >= 4 is 5.91 Å². The highest BCUT2D eigenvalue weighted by molar-refractivity contribution is 5.75. The molecule has 5 nitrogen and oxygen atoms in total. The van der Waals surface area contributed by atoms with Crippen LogP contribution in [0.5, 0.6) is 0 Å². The van der Waals surface area contributed by atoms with E-state index >= 15 is 0 Å². The normalized spacial score (nSPS) is 10.5. The van der Waals surface area contributed by atoms with Gasteiger partial charge in [0.25, 0.3) is 0 Å². The van der Waals surface area contributed by atoms with Gasteiger partial charge in [0.1, 0.15) is 0 Å². The van der Waals surface area contributed by atoms with Crippen LogP contribution in [0.2, 0.25) is 0 Å². The predicted molar refractivity (Wildman–Crippen MR) is 50.8 cm³/mol. The molecule has 0 unspecified atom stereocenters. The minimum atomic E-state index is -0.151. The number of nitrogens with one attached hydrogen (secondary N) is 1. The number of hydrogen-bond donors (Lipinski definition) is 3. The molecule has 0 aliphatic heterocycles. The van der Waals surface area contributed by atoms with E-state index in [1.165, 1.54) is 0 Å². The molecule has 0 bridgehead atoms. The summed E-state index contributed by atoms with van der Waals surface area (Å²) < 4.78 is 0. The third kappa shape index (κ3) is 6.51. The van der Waals surface area contributed by atoms with Crippen molar-refractivity contribution in [3.63, 3.8) is 0 Å². The second-order valence-electron chi connectivity index (χ2n) is 2.83. The molecule has 5 heteroatoms. The average molecular weight is 189 g/mol. The van der Waals surface area contributed by atoms with E-state index in [0.29, 0.717) is 13.0 Å². The standard InChI is InChI=1S/C8H19N3O2/c1-2-11(5-3-7-12)6-4-8(13)10-9/h12H,2-7,9H2,1H3,(H,10,13). The molecule has 0 saturated heterocycles. The van der Waals surface area contributed by atoms with Crippen molar-refractivity contribution in [3.8, 4) is 0 Å². The van der Waals surface area contributed by atoms with Crippen LogP contribution in [-0.2, 0) is 4.79 Å². The topological polar surface area (TPSA) is 78.6 Å². The second-order valence-corrected chi connectivity index (χ2v) is 2.83. The van der Waals surface area contributed by atoms with Gasteiger partial charge < -0.3 is 10.0 Å². The number of carbonyl (C=O) groups is 1. The number of amides is 1. The molecule has 0 fully saturated rings. The Morgan fingerprint density at radius 3 is 2.69 bits per heavy atom. The molecule has 13 heavy (non-hydrogen) atoms.